The molecule has 1 aliphatic rings. The highest BCUT2D eigenvalue weighted by atomic mass is 79.9. The van der Waals surface area contributed by atoms with Crippen molar-refractivity contribution in [3.63, 3.8) is 0 Å². The van der Waals surface area contributed by atoms with Gasteiger partial charge in [-0.05, 0) is 43.4 Å². The van der Waals surface area contributed by atoms with E-state index in [-0.39, 0.29) is 6.42 Å². The van der Waals surface area contributed by atoms with Gasteiger partial charge in [0, 0.05) is 29.7 Å². The average Bonchev–Trinajstić information content (AvgIpc) is 2.45. The van der Waals surface area contributed by atoms with Crippen LogP contribution in [0.5, 0.6) is 0 Å². The Kier molecular flexibility index (Phi) is 5.22. The summed E-state index contributed by atoms with van der Waals surface area (Å²) >= 11 is 3.35. The van der Waals surface area contributed by atoms with E-state index in [1.54, 1.807) is 6.07 Å². The number of amides is 1. The van der Waals surface area contributed by atoms with Crippen LogP contribution in [0.15, 0.2) is 22.7 Å². The lowest BCUT2D eigenvalue weighted by Gasteiger charge is -2.34. The molecule has 0 saturated carbocycles. The number of nitrogens with zero attached hydrogens (tertiary/aromatic N) is 1. The molecule has 0 aromatic heterocycles. The van der Waals surface area contributed by atoms with Gasteiger partial charge in [-0.25, -0.2) is 0 Å². The first kappa shape index (κ1) is 15.8. The number of carboxylic acids is 1. The number of anilines is 1. The van der Waals surface area contributed by atoms with Crippen molar-refractivity contribution < 1.29 is 14.7 Å². The summed E-state index contributed by atoms with van der Waals surface area (Å²) < 4.78 is 0.830. The Balaban J connectivity index is 2.02. The molecule has 21 heavy (non-hydrogen) atoms. The van der Waals surface area contributed by atoms with Gasteiger partial charge in [-0.2, -0.15) is 0 Å². The van der Waals surface area contributed by atoms with Gasteiger partial charge in [0.25, 0.3) is 5.91 Å². The summed E-state index contributed by atoms with van der Waals surface area (Å²) in [5.74, 6) is -0.717. The van der Waals surface area contributed by atoms with Crippen molar-refractivity contribution in [1.29, 1.82) is 0 Å². The van der Waals surface area contributed by atoms with Crippen LogP contribution >= 0.6 is 15.9 Å². The molecule has 1 amide bonds. The molecular formula is C15H19BrN2O3. The van der Waals surface area contributed by atoms with E-state index in [2.05, 4.69) is 20.8 Å². The van der Waals surface area contributed by atoms with E-state index in [4.69, 9.17) is 10.8 Å². The van der Waals surface area contributed by atoms with Crippen molar-refractivity contribution in [2.24, 2.45) is 11.7 Å². The van der Waals surface area contributed by atoms with Crippen LogP contribution in [-0.2, 0) is 4.79 Å². The maximum atomic E-state index is 11.6. The zero-order valence-corrected chi connectivity index (χ0v) is 13.3. The third kappa shape index (κ3) is 4.20. The first-order chi connectivity index (χ1) is 9.97. The second-order valence-corrected chi connectivity index (χ2v) is 6.30. The number of hydrogen-bond acceptors (Lipinski definition) is 3. The highest BCUT2D eigenvalue weighted by Gasteiger charge is 2.22. The van der Waals surface area contributed by atoms with Gasteiger partial charge in [-0.3, -0.25) is 9.59 Å². The number of carboxylic acid groups (broad SMARTS) is 1. The van der Waals surface area contributed by atoms with Crippen LogP contribution in [0.4, 0.5) is 5.69 Å². The maximum Gasteiger partial charge on any atom is 0.303 e. The van der Waals surface area contributed by atoms with Gasteiger partial charge >= 0.3 is 5.97 Å². The van der Waals surface area contributed by atoms with Crippen LogP contribution in [0.2, 0.25) is 0 Å². The second kappa shape index (κ2) is 6.93. The number of nitrogens with two attached hydrogens (primary N) is 1. The van der Waals surface area contributed by atoms with Crippen LogP contribution in [0.25, 0.3) is 0 Å². The van der Waals surface area contributed by atoms with Crippen LogP contribution < -0.4 is 10.6 Å². The topological polar surface area (TPSA) is 83.6 Å². The van der Waals surface area contributed by atoms with Crippen molar-refractivity contribution in [2.45, 2.75) is 25.7 Å². The van der Waals surface area contributed by atoms with Gasteiger partial charge in [-0.1, -0.05) is 15.9 Å². The fraction of sp³-hybridized carbons (Fsp3) is 0.467. The molecule has 3 N–H and O–H groups in total. The molecule has 0 radical (unpaired) electrons. The number of aliphatic carboxylic acids is 1. The van der Waals surface area contributed by atoms with Crippen molar-refractivity contribution in [3.05, 3.63) is 28.2 Å². The van der Waals surface area contributed by atoms with Gasteiger partial charge in [-0.15, -0.1) is 0 Å². The van der Waals surface area contributed by atoms with Crippen molar-refractivity contribution in [3.8, 4) is 0 Å². The Morgan fingerprint density at radius 3 is 2.57 bits per heavy atom. The molecule has 0 spiro atoms. The van der Waals surface area contributed by atoms with Crippen molar-refractivity contribution in [1.82, 2.24) is 0 Å². The molecule has 5 nitrogen and oxygen atoms in total. The number of carbonyl (C=O) groups is 2. The lowest BCUT2D eigenvalue weighted by Crippen LogP contribution is -2.35. The van der Waals surface area contributed by atoms with Crippen molar-refractivity contribution >= 4 is 33.5 Å². The Morgan fingerprint density at radius 2 is 2.00 bits per heavy atom. The SMILES string of the molecule is NC(=O)c1cc(Br)ccc1N1CCC(CCC(=O)O)CC1. The molecule has 1 aromatic carbocycles. The number of rotatable bonds is 5. The van der Waals surface area contributed by atoms with E-state index in [1.165, 1.54) is 0 Å². The summed E-state index contributed by atoms with van der Waals surface area (Å²) in [6.07, 6.45) is 2.85. The lowest BCUT2D eigenvalue weighted by molar-refractivity contribution is -0.137. The summed E-state index contributed by atoms with van der Waals surface area (Å²) in [4.78, 5) is 24.3. The number of halogens is 1. The molecule has 1 aromatic rings. The number of primary amides is 1. The molecule has 1 saturated heterocycles. The van der Waals surface area contributed by atoms with E-state index < -0.39 is 11.9 Å². The third-order valence-electron chi connectivity index (χ3n) is 3.95. The average molecular weight is 355 g/mol. The predicted octanol–water partition coefficient (Wildman–Crippen LogP) is 2.63. The molecule has 1 heterocycles. The van der Waals surface area contributed by atoms with Crippen molar-refractivity contribution in [2.75, 3.05) is 18.0 Å². The summed E-state index contributed by atoms with van der Waals surface area (Å²) in [7, 11) is 0. The van der Waals surface area contributed by atoms with Gasteiger partial charge in [0.15, 0.2) is 0 Å². The monoisotopic (exact) mass is 354 g/mol. The molecular weight excluding hydrogens is 336 g/mol. The number of piperidine rings is 1. The molecule has 1 fully saturated rings. The number of benzene rings is 1. The second-order valence-electron chi connectivity index (χ2n) is 5.39. The normalized spacial score (nSPS) is 16.0. The van der Waals surface area contributed by atoms with Crippen LogP contribution in [0, 0.1) is 5.92 Å². The molecule has 6 heteroatoms. The largest absolute Gasteiger partial charge is 0.481 e. The smallest absolute Gasteiger partial charge is 0.303 e. The molecule has 0 unspecified atom stereocenters. The molecule has 0 atom stereocenters. The molecule has 2 rings (SSSR count). The zero-order valence-electron chi connectivity index (χ0n) is 11.7. The van der Waals surface area contributed by atoms with Crippen LogP contribution in [0.1, 0.15) is 36.0 Å². The van der Waals surface area contributed by atoms with Gasteiger partial charge in [0.1, 0.15) is 0 Å². The molecule has 114 valence electrons. The summed E-state index contributed by atoms with van der Waals surface area (Å²) in [5, 5.41) is 8.73. The molecule has 0 aliphatic carbocycles. The van der Waals surface area contributed by atoms with E-state index in [9.17, 15) is 9.59 Å². The highest BCUT2D eigenvalue weighted by Crippen LogP contribution is 2.30. The van der Waals surface area contributed by atoms with E-state index in [0.29, 0.717) is 11.5 Å². The van der Waals surface area contributed by atoms with E-state index in [0.717, 1.165) is 42.5 Å². The lowest BCUT2D eigenvalue weighted by atomic mass is 9.91. The molecule has 1 aliphatic heterocycles. The minimum Gasteiger partial charge on any atom is -0.481 e. The van der Waals surface area contributed by atoms with Crippen LogP contribution in [-0.4, -0.2) is 30.1 Å². The Labute approximate surface area is 132 Å². The quantitative estimate of drug-likeness (QED) is 0.851. The Morgan fingerprint density at radius 1 is 1.33 bits per heavy atom. The van der Waals surface area contributed by atoms with E-state index >= 15 is 0 Å². The van der Waals surface area contributed by atoms with Gasteiger partial charge < -0.3 is 15.7 Å². The third-order valence-corrected chi connectivity index (χ3v) is 4.44. The fourth-order valence-corrected chi connectivity index (χ4v) is 3.13. The Hall–Kier alpha value is -1.56. The van der Waals surface area contributed by atoms with Crippen LogP contribution in [0.3, 0.4) is 0 Å². The van der Waals surface area contributed by atoms with E-state index in [1.807, 2.05) is 12.1 Å². The Bertz CT molecular complexity index is 540. The fourth-order valence-electron chi connectivity index (χ4n) is 2.77. The first-order valence-electron chi connectivity index (χ1n) is 7.03. The summed E-state index contributed by atoms with van der Waals surface area (Å²) in [5.41, 5.74) is 6.83. The standard InChI is InChI=1S/C15H19BrN2O3/c16-11-2-3-13(12(9-11)15(17)21)18-7-5-10(6-8-18)1-4-14(19)20/h2-3,9-10H,1,4-8H2,(H2,17,21)(H,19,20). The summed E-state index contributed by atoms with van der Waals surface area (Å²) in [6, 6.07) is 5.55. The molecule has 0 bridgehead atoms. The van der Waals surface area contributed by atoms with Gasteiger partial charge in [0.05, 0.1) is 5.56 Å². The minimum atomic E-state index is -0.735. The number of carbonyl (C=O) groups excluding carboxylic acids is 1. The minimum absolute atomic E-state index is 0.232. The zero-order chi connectivity index (χ0) is 15.4. The maximum absolute atomic E-state index is 11.6. The highest BCUT2D eigenvalue weighted by molar-refractivity contribution is 9.10. The first-order valence-corrected chi connectivity index (χ1v) is 7.82. The van der Waals surface area contributed by atoms with Gasteiger partial charge in [0.2, 0.25) is 0 Å². The predicted molar refractivity (Wildman–Crippen MR) is 84.5 cm³/mol. The summed E-state index contributed by atoms with van der Waals surface area (Å²) in [6.45, 7) is 1.65. The number of hydrogen-bond donors (Lipinski definition) is 2.